The first-order valence-corrected chi connectivity index (χ1v) is 14.1. The molecular formula is C31H38N6O6. The molecule has 12 heteroatoms. The van der Waals surface area contributed by atoms with Gasteiger partial charge in [0, 0.05) is 47.0 Å². The highest BCUT2D eigenvalue weighted by Gasteiger charge is 2.33. The zero-order valence-corrected chi connectivity index (χ0v) is 24.3. The molecule has 2 aromatic carbocycles. The maximum Gasteiger partial charge on any atom is 0.326 e. The predicted octanol–water partition coefficient (Wildman–Crippen LogP) is 1.34. The van der Waals surface area contributed by atoms with E-state index in [4.69, 9.17) is 5.73 Å². The smallest absolute Gasteiger partial charge is 0.326 e. The average molecular weight is 591 g/mol. The Bertz CT molecular complexity index is 1610. The Morgan fingerprint density at radius 2 is 1.23 bits per heavy atom. The van der Waals surface area contributed by atoms with Crippen LogP contribution in [0.4, 0.5) is 0 Å². The highest BCUT2D eigenvalue weighted by molar-refractivity contribution is 5.95. The van der Waals surface area contributed by atoms with E-state index >= 15 is 0 Å². The van der Waals surface area contributed by atoms with E-state index in [0.29, 0.717) is 0 Å². The van der Waals surface area contributed by atoms with E-state index in [0.717, 1.165) is 32.9 Å². The highest BCUT2D eigenvalue weighted by atomic mass is 16.4. The van der Waals surface area contributed by atoms with Crippen LogP contribution in [-0.2, 0) is 32.0 Å². The monoisotopic (exact) mass is 590 g/mol. The van der Waals surface area contributed by atoms with Crippen molar-refractivity contribution in [3.05, 3.63) is 72.1 Å². The molecule has 4 aromatic rings. The van der Waals surface area contributed by atoms with Crippen LogP contribution in [-0.4, -0.2) is 74.1 Å². The molecule has 43 heavy (non-hydrogen) atoms. The third-order valence-electron chi connectivity index (χ3n) is 7.51. The Morgan fingerprint density at radius 1 is 0.744 bits per heavy atom. The second kappa shape index (κ2) is 13.5. The van der Waals surface area contributed by atoms with Crippen molar-refractivity contribution in [3.8, 4) is 0 Å². The van der Waals surface area contributed by atoms with E-state index in [9.17, 15) is 29.4 Å². The van der Waals surface area contributed by atoms with Gasteiger partial charge >= 0.3 is 5.97 Å². The van der Waals surface area contributed by atoms with Crippen molar-refractivity contribution in [2.75, 3.05) is 0 Å². The zero-order valence-electron chi connectivity index (χ0n) is 24.3. The van der Waals surface area contributed by atoms with E-state index in [2.05, 4.69) is 25.9 Å². The number of carboxylic acid groups (broad SMARTS) is 1. The number of nitrogens with two attached hydrogens (primary N) is 1. The number of carbonyl (C=O) groups is 4. The number of aliphatic hydroxyl groups is 1. The number of aromatic nitrogens is 2. The molecule has 2 aromatic heterocycles. The molecule has 0 bridgehead atoms. The van der Waals surface area contributed by atoms with Crippen LogP contribution >= 0.6 is 0 Å². The summed E-state index contributed by atoms with van der Waals surface area (Å²) in [5.41, 5.74) is 8.99. The molecule has 0 saturated carbocycles. The minimum atomic E-state index is -1.27. The summed E-state index contributed by atoms with van der Waals surface area (Å²) in [5, 5.41) is 29.3. The maximum atomic E-state index is 13.6. The Balaban J connectivity index is 1.53. The van der Waals surface area contributed by atoms with E-state index in [1.54, 1.807) is 26.2 Å². The van der Waals surface area contributed by atoms with Gasteiger partial charge in [-0.3, -0.25) is 14.4 Å². The molecule has 4 rings (SSSR count). The summed E-state index contributed by atoms with van der Waals surface area (Å²) in [7, 11) is 0. The zero-order chi connectivity index (χ0) is 31.3. The molecular weight excluding hydrogens is 552 g/mol. The van der Waals surface area contributed by atoms with Crippen molar-refractivity contribution in [2.45, 2.75) is 63.9 Å². The number of H-pyrrole nitrogens is 2. The average Bonchev–Trinajstić information content (AvgIpc) is 3.58. The quantitative estimate of drug-likeness (QED) is 0.115. The molecule has 9 N–H and O–H groups in total. The fourth-order valence-electron chi connectivity index (χ4n) is 4.99. The number of benzene rings is 2. The molecule has 0 aliphatic heterocycles. The van der Waals surface area contributed by atoms with Gasteiger partial charge in [0.2, 0.25) is 17.7 Å². The van der Waals surface area contributed by atoms with Crippen molar-refractivity contribution < 1.29 is 29.4 Å². The number of aliphatic hydroxyl groups excluding tert-OH is 1. The maximum absolute atomic E-state index is 13.6. The van der Waals surface area contributed by atoms with Crippen molar-refractivity contribution in [2.24, 2.45) is 11.7 Å². The minimum absolute atomic E-state index is 0.0281. The van der Waals surface area contributed by atoms with Crippen LogP contribution < -0.4 is 21.7 Å². The third kappa shape index (κ3) is 7.40. The van der Waals surface area contributed by atoms with E-state index < -0.39 is 59.9 Å². The van der Waals surface area contributed by atoms with Gasteiger partial charge in [0.1, 0.15) is 24.2 Å². The molecule has 12 nitrogen and oxygen atoms in total. The Labute approximate surface area is 248 Å². The topological polar surface area (TPSA) is 202 Å². The SMILES string of the molecule is CC(C)C(NC(=O)C(Cc1c[nH]c2ccccc12)NC(=O)C(N)C(C)O)C(=O)NC(Cc1c[nH]c2ccccc12)C(=O)O. The lowest BCUT2D eigenvalue weighted by Gasteiger charge is -2.27. The standard InChI is InChI=1S/C31H38N6O6/c1-16(2)27(30(41)36-25(31(42)43)13-19-15-34-23-11-7-5-9-21(19)23)37-28(39)24(35-29(40)26(32)17(3)38)12-18-14-33-22-10-6-4-8-20(18)22/h4-11,14-17,24-27,33-34,38H,12-13,32H2,1-3H3,(H,35,40)(H,36,41)(H,37,39)(H,42,43). The van der Waals surface area contributed by atoms with Gasteiger partial charge in [-0.1, -0.05) is 50.2 Å². The highest BCUT2D eigenvalue weighted by Crippen LogP contribution is 2.21. The van der Waals surface area contributed by atoms with Crippen LogP contribution in [0.3, 0.4) is 0 Å². The number of nitrogens with one attached hydrogen (secondary N) is 5. The lowest BCUT2D eigenvalue weighted by Crippen LogP contribution is -2.59. The largest absolute Gasteiger partial charge is 0.480 e. The van der Waals surface area contributed by atoms with Crippen LogP contribution in [0, 0.1) is 5.92 Å². The second-order valence-electron chi connectivity index (χ2n) is 11.1. The minimum Gasteiger partial charge on any atom is -0.480 e. The number of para-hydroxylation sites is 2. The van der Waals surface area contributed by atoms with Gasteiger partial charge in [-0.15, -0.1) is 0 Å². The number of hydrogen-bond donors (Lipinski definition) is 8. The van der Waals surface area contributed by atoms with Crippen LogP contribution in [0.15, 0.2) is 60.9 Å². The normalized spacial score (nSPS) is 15.0. The number of amides is 3. The summed E-state index contributed by atoms with van der Waals surface area (Å²) >= 11 is 0. The predicted molar refractivity (Wildman–Crippen MR) is 162 cm³/mol. The molecule has 3 amide bonds. The van der Waals surface area contributed by atoms with Crippen molar-refractivity contribution in [3.63, 3.8) is 0 Å². The van der Waals surface area contributed by atoms with Crippen LogP contribution in [0.1, 0.15) is 31.9 Å². The number of carbonyl (C=O) groups excluding carboxylic acids is 3. The molecule has 0 aliphatic rings. The molecule has 2 heterocycles. The van der Waals surface area contributed by atoms with Gasteiger partial charge < -0.3 is 41.9 Å². The summed E-state index contributed by atoms with van der Waals surface area (Å²) in [6.07, 6.45) is 2.39. The third-order valence-corrected chi connectivity index (χ3v) is 7.51. The van der Waals surface area contributed by atoms with E-state index in [1.165, 1.54) is 6.92 Å². The number of rotatable bonds is 13. The first-order valence-electron chi connectivity index (χ1n) is 14.1. The van der Waals surface area contributed by atoms with Crippen LogP contribution in [0.2, 0.25) is 0 Å². The molecule has 0 spiro atoms. The fraction of sp³-hybridized carbons (Fsp3) is 0.355. The summed E-state index contributed by atoms with van der Waals surface area (Å²) in [5.74, 6) is -3.70. The summed E-state index contributed by atoms with van der Waals surface area (Å²) in [6.45, 7) is 4.81. The molecule has 0 saturated heterocycles. The second-order valence-corrected chi connectivity index (χ2v) is 11.1. The molecule has 228 valence electrons. The number of fused-ring (bicyclic) bond motifs is 2. The number of aliphatic carboxylic acids is 1. The van der Waals surface area contributed by atoms with Crippen molar-refractivity contribution >= 4 is 45.5 Å². The van der Waals surface area contributed by atoms with E-state index in [-0.39, 0.29) is 12.8 Å². The summed E-state index contributed by atoms with van der Waals surface area (Å²) in [4.78, 5) is 58.2. The van der Waals surface area contributed by atoms with Gasteiger partial charge in [-0.05, 0) is 36.1 Å². The Morgan fingerprint density at radius 3 is 1.72 bits per heavy atom. The van der Waals surface area contributed by atoms with Gasteiger partial charge in [0.05, 0.1) is 6.10 Å². The lowest BCUT2D eigenvalue weighted by atomic mass is 9.99. The Kier molecular flexibility index (Phi) is 9.84. The fourth-order valence-corrected chi connectivity index (χ4v) is 4.99. The first-order chi connectivity index (χ1) is 20.5. The number of carboxylic acids is 1. The molecule has 0 aliphatic carbocycles. The summed E-state index contributed by atoms with van der Waals surface area (Å²) in [6, 6.07) is 10.1. The van der Waals surface area contributed by atoms with Crippen molar-refractivity contribution in [1.29, 1.82) is 0 Å². The van der Waals surface area contributed by atoms with Crippen molar-refractivity contribution in [1.82, 2.24) is 25.9 Å². The first kappa shape index (κ1) is 31.3. The van der Waals surface area contributed by atoms with Gasteiger partial charge in [-0.2, -0.15) is 0 Å². The number of aromatic amines is 2. The molecule has 0 radical (unpaired) electrons. The lowest BCUT2D eigenvalue weighted by molar-refractivity contribution is -0.142. The van der Waals surface area contributed by atoms with Gasteiger partial charge in [0.25, 0.3) is 0 Å². The van der Waals surface area contributed by atoms with Crippen LogP contribution in [0.25, 0.3) is 21.8 Å². The van der Waals surface area contributed by atoms with E-state index in [1.807, 2.05) is 48.5 Å². The molecule has 0 fully saturated rings. The summed E-state index contributed by atoms with van der Waals surface area (Å²) < 4.78 is 0. The molecule has 5 unspecified atom stereocenters. The van der Waals surface area contributed by atoms with Crippen LogP contribution in [0.5, 0.6) is 0 Å². The number of hydrogen-bond acceptors (Lipinski definition) is 6. The van der Waals surface area contributed by atoms with Gasteiger partial charge in [-0.25, -0.2) is 4.79 Å². The van der Waals surface area contributed by atoms with Gasteiger partial charge in [0.15, 0.2) is 0 Å². The Hall–Kier alpha value is -4.68. The molecule has 5 atom stereocenters.